The van der Waals surface area contributed by atoms with Gasteiger partial charge in [-0.05, 0) is 42.3 Å². The molecule has 3 rings (SSSR count). The van der Waals surface area contributed by atoms with E-state index in [0.717, 1.165) is 17.9 Å². The van der Waals surface area contributed by atoms with Gasteiger partial charge in [-0.15, -0.1) is 0 Å². The van der Waals surface area contributed by atoms with Crippen molar-refractivity contribution in [2.24, 2.45) is 0 Å². The minimum Gasteiger partial charge on any atom is -0.345 e. The second kappa shape index (κ2) is 7.51. The van der Waals surface area contributed by atoms with Gasteiger partial charge in [0.15, 0.2) is 0 Å². The molecule has 0 unspecified atom stereocenters. The molecule has 0 bridgehead atoms. The van der Waals surface area contributed by atoms with E-state index < -0.39 is 0 Å². The maximum absolute atomic E-state index is 12.0. The topological polar surface area (TPSA) is 46.1 Å². The second-order valence-corrected chi connectivity index (χ2v) is 5.73. The third-order valence-corrected chi connectivity index (χ3v) is 3.99. The predicted molar refractivity (Wildman–Crippen MR) is 97.0 cm³/mol. The summed E-state index contributed by atoms with van der Waals surface area (Å²) in [4.78, 5) is 12.0. The van der Waals surface area contributed by atoms with Crippen molar-refractivity contribution in [2.75, 3.05) is 5.32 Å². The van der Waals surface area contributed by atoms with Gasteiger partial charge in [0.05, 0.1) is 6.54 Å². The van der Waals surface area contributed by atoms with Gasteiger partial charge in [0.2, 0.25) is 0 Å². The molecule has 122 valence electrons. The summed E-state index contributed by atoms with van der Waals surface area (Å²) in [5, 5.41) is 5.73. The number of amides is 2. The summed E-state index contributed by atoms with van der Waals surface area (Å²) in [5.41, 5.74) is 4.40. The highest BCUT2D eigenvalue weighted by atomic mass is 16.2. The van der Waals surface area contributed by atoms with Gasteiger partial charge < -0.3 is 15.2 Å². The molecule has 2 aromatic carbocycles. The van der Waals surface area contributed by atoms with Gasteiger partial charge in [-0.25, -0.2) is 4.79 Å². The van der Waals surface area contributed by atoms with E-state index in [1.807, 2.05) is 54.7 Å². The fourth-order valence-corrected chi connectivity index (χ4v) is 2.60. The lowest BCUT2D eigenvalue weighted by Gasteiger charge is -2.12. The largest absolute Gasteiger partial charge is 0.345 e. The number of anilines is 1. The van der Waals surface area contributed by atoms with Gasteiger partial charge in [0.1, 0.15) is 0 Å². The van der Waals surface area contributed by atoms with Crippen LogP contribution in [0.15, 0.2) is 72.9 Å². The van der Waals surface area contributed by atoms with Gasteiger partial charge in [0, 0.05) is 24.1 Å². The number of carbonyl (C=O) groups excluding carboxylic acids is 1. The molecule has 2 amide bonds. The Kier molecular flexibility index (Phi) is 4.96. The Balaban J connectivity index is 1.60. The first-order valence-electron chi connectivity index (χ1n) is 8.01. The molecule has 0 atom stereocenters. The maximum Gasteiger partial charge on any atom is 0.319 e. The Hall–Kier alpha value is -3.01. The van der Waals surface area contributed by atoms with Crippen molar-refractivity contribution in [1.29, 1.82) is 0 Å². The van der Waals surface area contributed by atoms with Crippen LogP contribution >= 0.6 is 0 Å². The van der Waals surface area contributed by atoms with Crippen LogP contribution in [-0.2, 0) is 13.1 Å². The molecule has 1 heterocycles. The van der Waals surface area contributed by atoms with Gasteiger partial charge in [0.25, 0.3) is 0 Å². The lowest BCUT2D eigenvalue weighted by atomic mass is 10.1. The van der Waals surface area contributed by atoms with Crippen molar-refractivity contribution in [2.45, 2.75) is 20.0 Å². The summed E-state index contributed by atoms with van der Waals surface area (Å²) in [7, 11) is 0. The van der Waals surface area contributed by atoms with E-state index in [1.54, 1.807) is 0 Å². The maximum atomic E-state index is 12.0. The van der Waals surface area contributed by atoms with E-state index in [1.165, 1.54) is 11.1 Å². The fraction of sp³-hybridized carbons (Fsp3) is 0.150. The minimum atomic E-state index is -0.204. The summed E-state index contributed by atoms with van der Waals surface area (Å²) in [6.45, 7) is 3.40. The number of aryl methyl sites for hydroxylation is 1. The molecule has 0 aliphatic heterocycles. The Labute approximate surface area is 142 Å². The number of rotatable bonds is 5. The van der Waals surface area contributed by atoms with E-state index in [4.69, 9.17) is 0 Å². The fourth-order valence-electron chi connectivity index (χ4n) is 2.60. The Morgan fingerprint density at radius 1 is 0.958 bits per heavy atom. The van der Waals surface area contributed by atoms with E-state index in [2.05, 4.69) is 40.3 Å². The van der Waals surface area contributed by atoms with Crippen LogP contribution in [0.5, 0.6) is 0 Å². The molecule has 0 aliphatic carbocycles. The summed E-state index contributed by atoms with van der Waals surface area (Å²) < 4.78 is 2.16. The van der Waals surface area contributed by atoms with Crippen LogP contribution in [0, 0.1) is 6.92 Å². The van der Waals surface area contributed by atoms with Crippen molar-refractivity contribution in [3.63, 3.8) is 0 Å². The molecule has 0 aliphatic rings. The van der Waals surface area contributed by atoms with E-state index in [9.17, 15) is 4.79 Å². The summed E-state index contributed by atoms with van der Waals surface area (Å²) in [5.74, 6) is 0. The van der Waals surface area contributed by atoms with Crippen molar-refractivity contribution in [3.05, 3.63) is 89.7 Å². The average Bonchev–Trinajstić information content (AvgIpc) is 3.03. The van der Waals surface area contributed by atoms with Crippen LogP contribution in [0.25, 0.3) is 0 Å². The van der Waals surface area contributed by atoms with E-state index >= 15 is 0 Å². The summed E-state index contributed by atoms with van der Waals surface area (Å²) in [6.07, 6.45) is 2.04. The Morgan fingerprint density at radius 2 is 1.71 bits per heavy atom. The number of urea groups is 1. The highest BCUT2D eigenvalue weighted by molar-refractivity contribution is 5.89. The van der Waals surface area contributed by atoms with Crippen molar-refractivity contribution < 1.29 is 4.79 Å². The normalized spacial score (nSPS) is 10.4. The van der Waals surface area contributed by atoms with Crippen LogP contribution in [0.4, 0.5) is 10.5 Å². The SMILES string of the molecule is Cc1ccccc1Cn1cccc1CNC(=O)Nc1ccccc1. The third-order valence-electron chi connectivity index (χ3n) is 3.99. The van der Waals surface area contributed by atoms with Crippen molar-refractivity contribution >= 4 is 11.7 Å². The Bertz CT molecular complexity index is 809. The molecule has 0 radical (unpaired) electrons. The molecule has 4 heteroatoms. The zero-order valence-electron chi connectivity index (χ0n) is 13.7. The molecule has 0 saturated heterocycles. The van der Waals surface area contributed by atoms with Gasteiger partial charge in [-0.1, -0.05) is 42.5 Å². The summed E-state index contributed by atoms with van der Waals surface area (Å²) >= 11 is 0. The highest BCUT2D eigenvalue weighted by Gasteiger charge is 2.06. The summed E-state index contributed by atoms with van der Waals surface area (Å²) in [6, 6.07) is 21.6. The molecule has 2 N–H and O–H groups in total. The number of nitrogens with zero attached hydrogens (tertiary/aromatic N) is 1. The first kappa shape index (κ1) is 15.9. The van der Waals surface area contributed by atoms with Crippen LogP contribution < -0.4 is 10.6 Å². The molecule has 1 aromatic heterocycles. The molecule has 3 aromatic rings. The van der Waals surface area contributed by atoms with Gasteiger partial charge >= 0.3 is 6.03 Å². The lowest BCUT2D eigenvalue weighted by Crippen LogP contribution is -2.29. The molecular formula is C20H21N3O. The van der Waals surface area contributed by atoms with Crippen LogP contribution in [0.2, 0.25) is 0 Å². The predicted octanol–water partition coefficient (Wildman–Crippen LogP) is 4.17. The van der Waals surface area contributed by atoms with Crippen molar-refractivity contribution in [3.8, 4) is 0 Å². The van der Waals surface area contributed by atoms with E-state index in [0.29, 0.717) is 6.54 Å². The zero-order valence-corrected chi connectivity index (χ0v) is 13.7. The Morgan fingerprint density at radius 3 is 2.50 bits per heavy atom. The zero-order chi connectivity index (χ0) is 16.8. The molecule has 0 fully saturated rings. The van der Waals surface area contributed by atoms with Crippen LogP contribution in [0.3, 0.4) is 0 Å². The average molecular weight is 319 g/mol. The minimum absolute atomic E-state index is 0.204. The molecular weight excluding hydrogens is 298 g/mol. The molecule has 0 saturated carbocycles. The molecule has 24 heavy (non-hydrogen) atoms. The standard InChI is InChI=1S/C20H21N3O/c1-16-8-5-6-9-17(16)15-23-13-7-12-19(23)14-21-20(24)22-18-10-3-2-4-11-18/h2-13H,14-15H2,1H3,(H2,21,22,24). The number of hydrogen-bond acceptors (Lipinski definition) is 1. The third kappa shape index (κ3) is 4.04. The lowest BCUT2D eigenvalue weighted by molar-refractivity contribution is 0.251. The number of nitrogens with one attached hydrogen (secondary N) is 2. The van der Waals surface area contributed by atoms with Crippen LogP contribution in [-0.4, -0.2) is 10.6 Å². The quantitative estimate of drug-likeness (QED) is 0.728. The van der Waals surface area contributed by atoms with Gasteiger partial charge in [-0.3, -0.25) is 0 Å². The number of para-hydroxylation sites is 1. The van der Waals surface area contributed by atoms with E-state index in [-0.39, 0.29) is 6.03 Å². The van der Waals surface area contributed by atoms with Crippen LogP contribution in [0.1, 0.15) is 16.8 Å². The molecule has 4 nitrogen and oxygen atoms in total. The first-order chi connectivity index (χ1) is 11.7. The monoisotopic (exact) mass is 319 g/mol. The first-order valence-corrected chi connectivity index (χ1v) is 8.01. The van der Waals surface area contributed by atoms with Gasteiger partial charge in [-0.2, -0.15) is 0 Å². The number of aromatic nitrogens is 1. The number of hydrogen-bond donors (Lipinski definition) is 2. The number of benzene rings is 2. The highest BCUT2D eigenvalue weighted by Crippen LogP contribution is 2.12. The number of carbonyl (C=O) groups is 1. The smallest absolute Gasteiger partial charge is 0.319 e. The second-order valence-electron chi connectivity index (χ2n) is 5.73. The molecule has 0 spiro atoms. The van der Waals surface area contributed by atoms with Crippen molar-refractivity contribution in [1.82, 2.24) is 9.88 Å².